The van der Waals surface area contributed by atoms with Gasteiger partial charge in [-0.2, -0.15) is 0 Å². The van der Waals surface area contributed by atoms with E-state index in [0.717, 1.165) is 56.8 Å². The number of hydrogen-bond acceptors (Lipinski definition) is 2. The lowest BCUT2D eigenvalue weighted by Crippen LogP contribution is -2.77. The average molecular weight is 335 g/mol. The Morgan fingerprint density at radius 1 is 1.04 bits per heavy atom. The van der Waals surface area contributed by atoms with Crippen LogP contribution in [0.4, 0.5) is 4.79 Å². The maximum absolute atomic E-state index is 12.3. The standard InChI is InChI=1S/C20H34N2O2/c1-2-8-24-9-6-4-3-5-7-21-18(23)22-19-12-15-10-16-11-17(14-19)20(16,19)13-15/h15-17H,2-14H2,1H3,(H2,21,22,23). The molecule has 4 aliphatic rings. The van der Waals surface area contributed by atoms with E-state index in [-0.39, 0.29) is 11.6 Å². The molecule has 2 amide bonds. The topological polar surface area (TPSA) is 50.4 Å². The van der Waals surface area contributed by atoms with Crippen molar-refractivity contribution in [1.82, 2.24) is 10.6 Å². The molecule has 4 heteroatoms. The Kier molecular flexibility index (Phi) is 4.53. The predicted octanol–water partition coefficient (Wildman–Crippen LogP) is 3.85. The lowest BCUT2D eigenvalue weighted by atomic mass is 9.35. The molecule has 0 radical (unpaired) electrons. The second kappa shape index (κ2) is 6.51. The molecule has 0 aromatic carbocycles. The van der Waals surface area contributed by atoms with Gasteiger partial charge in [-0.05, 0) is 74.5 Å². The van der Waals surface area contributed by atoms with Crippen molar-refractivity contribution in [3.8, 4) is 0 Å². The Bertz CT molecular complexity index is 482. The summed E-state index contributed by atoms with van der Waals surface area (Å²) in [6.07, 6.45) is 12.5. The van der Waals surface area contributed by atoms with Crippen LogP contribution in [-0.2, 0) is 4.74 Å². The molecule has 0 aromatic heterocycles. The molecule has 1 spiro atoms. The van der Waals surface area contributed by atoms with Gasteiger partial charge in [0.15, 0.2) is 0 Å². The number of ether oxygens (including phenoxy) is 1. The number of unbranched alkanes of at least 4 members (excludes halogenated alkanes) is 3. The van der Waals surface area contributed by atoms with Crippen molar-refractivity contribution in [1.29, 1.82) is 0 Å². The fourth-order valence-electron chi connectivity index (χ4n) is 6.79. The molecule has 5 atom stereocenters. The summed E-state index contributed by atoms with van der Waals surface area (Å²) in [6.45, 7) is 4.71. The zero-order valence-corrected chi connectivity index (χ0v) is 15.2. The lowest BCUT2D eigenvalue weighted by Gasteiger charge is -2.72. The third-order valence-corrected chi connectivity index (χ3v) is 7.60. The van der Waals surface area contributed by atoms with Gasteiger partial charge in [0.1, 0.15) is 0 Å². The highest BCUT2D eigenvalue weighted by Gasteiger charge is 2.80. The van der Waals surface area contributed by atoms with Gasteiger partial charge < -0.3 is 15.4 Å². The molecule has 0 aliphatic heterocycles. The molecule has 0 saturated heterocycles. The van der Waals surface area contributed by atoms with Gasteiger partial charge in [0.05, 0.1) is 0 Å². The van der Waals surface area contributed by atoms with Gasteiger partial charge in [-0.15, -0.1) is 0 Å². The summed E-state index contributed by atoms with van der Waals surface area (Å²) >= 11 is 0. The smallest absolute Gasteiger partial charge is 0.315 e. The van der Waals surface area contributed by atoms with E-state index in [1.807, 2.05) is 0 Å². The van der Waals surface area contributed by atoms with Gasteiger partial charge >= 0.3 is 6.03 Å². The highest BCUT2D eigenvalue weighted by molar-refractivity contribution is 5.75. The van der Waals surface area contributed by atoms with E-state index in [9.17, 15) is 4.79 Å². The van der Waals surface area contributed by atoms with Crippen molar-refractivity contribution in [3.05, 3.63) is 0 Å². The molecule has 4 nitrogen and oxygen atoms in total. The first-order valence-electron chi connectivity index (χ1n) is 10.3. The summed E-state index contributed by atoms with van der Waals surface area (Å²) in [4.78, 5) is 12.3. The highest BCUT2D eigenvalue weighted by Crippen LogP contribution is 2.82. The fourth-order valence-corrected chi connectivity index (χ4v) is 6.79. The van der Waals surface area contributed by atoms with Crippen molar-refractivity contribution in [2.75, 3.05) is 19.8 Å². The van der Waals surface area contributed by atoms with Crippen molar-refractivity contribution in [2.45, 2.75) is 76.7 Å². The molecule has 2 bridgehead atoms. The molecule has 5 unspecified atom stereocenters. The average Bonchev–Trinajstić information content (AvgIpc) is 3.02. The van der Waals surface area contributed by atoms with E-state index >= 15 is 0 Å². The van der Waals surface area contributed by atoms with Gasteiger partial charge in [0.2, 0.25) is 0 Å². The molecule has 0 aromatic rings. The zero-order valence-electron chi connectivity index (χ0n) is 15.2. The minimum Gasteiger partial charge on any atom is -0.381 e. The van der Waals surface area contributed by atoms with E-state index in [1.54, 1.807) is 0 Å². The molecule has 4 rings (SSSR count). The van der Waals surface area contributed by atoms with Crippen LogP contribution >= 0.6 is 0 Å². The number of nitrogens with one attached hydrogen (secondary N) is 2. The summed E-state index contributed by atoms with van der Waals surface area (Å²) < 4.78 is 5.49. The molecular formula is C20H34N2O2. The van der Waals surface area contributed by atoms with Crippen LogP contribution < -0.4 is 10.6 Å². The second-order valence-electron chi connectivity index (χ2n) is 8.87. The van der Waals surface area contributed by atoms with Crippen LogP contribution in [0.5, 0.6) is 0 Å². The van der Waals surface area contributed by atoms with Gasteiger partial charge in [-0.1, -0.05) is 19.8 Å². The first-order chi connectivity index (χ1) is 11.7. The van der Waals surface area contributed by atoms with E-state index in [0.29, 0.717) is 5.41 Å². The Morgan fingerprint density at radius 3 is 2.71 bits per heavy atom. The number of urea groups is 1. The monoisotopic (exact) mass is 334 g/mol. The van der Waals surface area contributed by atoms with E-state index in [4.69, 9.17) is 4.74 Å². The summed E-state index contributed by atoms with van der Waals surface area (Å²) in [5.41, 5.74) is 0.720. The van der Waals surface area contributed by atoms with Crippen LogP contribution in [0.25, 0.3) is 0 Å². The van der Waals surface area contributed by atoms with Gasteiger partial charge in [-0.3, -0.25) is 0 Å². The predicted molar refractivity (Wildman–Crippen MR) is 94.8 cm³/mol. The molecule has 4 fully saturated rings. The number of carbonyl (C=O) groups is 1. The molecule has 4 aliphatic carbocycles. The van der Waals surface area contributed by atoms with Gasteiger partial charge in [0, 0.05) is 25.3 Å². The summed E-state index contributed by atoms with van der Waals surface area (Å²) in [7, 11) is 0. The summed E-state index contributed by atoms with van der Waals surface area (Å²) in [5.74, 6) is 2.77. The molecular weight excluding hydrogens is 300 g/mol. The van der Waals surface area contributed by atoms with Crippen molar-refractivity contribution in [2.24, 2.45) is 23.2 Å². The number of rotatable bonds is 10. The first kappa shape index (κ1) is 16.7. The highest BCUT2D eigenvalue weighted by atomic mass is 16.5. The molecule has 136 valence electrons. The van der Waals surface area contributed by atoms with E-state index in [2.05, 4.69) is 17.6 Å². The molecule has 2 N–H and O–H groups in total. The lowest BCUT2D eigenvalue weighted by molar-refractivity contribution is -0.201. The van der Waals surface area contributed by atoms with Crippen molar-refractivity contribution in [3.63, 3.8) is 0 Å². The normalized spacial score (nSPS) is 40.6. The van der Waals surface area contributed by atoms with Crippen LogP contribution in [0.1, 0.15) is 71.1 Å². The Labute approximate surface area is 146 Å². The number of carbonyl (C=O) groups excluding carboxylic acids is 1. The quantitative estimate of drug-likeness (QED) is 0.596. The maximum atomic E-state index is 12.3. The molecule has 4 saturated carbocycles. The van der Waals surface area contributed by atoms with Crippen molar-refractivity contribution >= 4 is 6.03 Å². The summed E-state index contributed by atoms with van der Waals surface area (Å²) in [5, 5.41) is 6.53. The van der Waals surface area contributed by atoms with Crippen LogP contribution in [0.15, 0.2) is 0 Å². The zero-order chi connectivity index (χ0) is 16.6. The third kappa shape index (κ3) is 2.48. The minimum atomic E-state index is 0.0901. The fraction of sp³-hybridized carbons (Fsp3) is 0.950. The van der Waals surface area contributed by atoms with Crippen LogP contribution in [0.2, 0.25) is 0 Å². The number of fused-ring (bicyclic) bond motifs is 1. The van der Waals surface area contributed by atoms with E-state index < -0.39 is 0 Å². The minimum absolute atomic E-state index is 0.0901. The second-order valence-corrected chi connectivity index (χ2v) is 8.87. The molecule has 24 heavy (non-hydrogen) atoms. The van der Waals surface area contributed by atoms with E-state index in [1.165, 1.54) is 44.9 Å². The maximum Gasteiger partial charge on any atom is 0.315 e. The van der Waals surface area contributed by atoms with Crippen LogP contribution in [-0.4, -0.2) is 31.3 Å². The third-order valence-electron chi connectivity index (χ3n) is 7.60. The largest absolute Gasteiger partial charge is 0.381 e. The Balaban J connectivity index is 1.10. The van der Waals surface area contributed by atoms with Gasteiger partial charge in [-0.25, -0.2) is 4.79 Å². The number of amides is 2. The number of hydrogen-bond donors (Lipinski definition) is 2. The van der Waals surface area contributed by atoms with Crippen molar-refractivity contribution < 1.29 is 9.53 Å². The summed E-state index contributed by atoms with van der Waals surface area (Å²) in [6, 6.07) is 0.0901. The molecule has 0 heterocycles. The SMILES string of the molecule is CCCOCCCCCCNC(=O)NC12CC3CC4CC(C1)C42C3. The first-order valence-corrected chi connectivity index (χ1v) is 10.3. The van der Waals surface area contributed by atoms with Gasteiger partial charge in [0.25, 0.3) is 0 Å². The van der Waals surface area contributed by atoms with Crippen LogP contribution in [0, 0.1) is 23.2 Å². The Hall–Kier alpha value is -0.770. The van der Waals surface area contributed by atoms with Crippen LogP contribution in [0.3, 0.4) is 0 Å². The Morgan fingerprint density at radius 2 is 1.92 bits per heavy atom.